The summed E-state index contributed by atoms with van der Waals surface area (Å²) in [6.07, 6.45) is 0. The third-order valence-corrected chi connectivity index (χ3v) is 13.3. The van der Waals surface area contributed by atoms with Gasteiger partial charge >= 0.3 is 0 Å². The van der Waals surface area contributed by atoms with Crippen LogP contribution in [-0.2, 0) is 0 Å². The number of thiophene rings is 1. The van der Waals surface area contributed by atoms with Crippen molar-refractivity contribution < 1.29 is 0 Å². The van der Waals surface area contributed by atoms with Crippen LogP contribution in [0.15, 0.2) is 188 Å². The van der Waals surface area contributed by atoms with E-state index < -0.39 is 0 Å². The summed E-state index contributed by atoms with van der Waals surface area (Å²) < 4.78 is 4.88. The molecule has 0 atom stereocenters. The lowest BCUT2D eigenvalue weighted by Crippen LogP contribution is -2.04. The molecular formula is C54H31N3S. The van der Waals surface area contributed by atoms with Crippen LogP contribution in [0.2, 0.25) is 0 Å². The molecule has 58 heavy (non-hydrogen) atoms. The Bertz CT molecular complexity index is 3840. The molecule has 0 bridgehead atoms. The maximum absolute atomic E-state index is 5.63. The molecule has 0 saturated carbocycles. The van der Waals surface area contributed by atoms with Crippen LogP contribution in [0, 0.1) is 0 Å². The molecule has 0 aliphatic rings. The first kappa shape index (κ1) is 31.8. The number of para-hydroxylation sites is 1. The highest BCUT2D eigenvalue weighted by Gasteiger charge is 2.26. The number of hydrogen-bond acceptors (Lipinski definition) is 3. The molecule has 0 saturated heterocycles. The second-order valence-electron chi connectivity index (χ2n) is 15.2. The van der Waals surface area contributed by atoms with E-state index in [4.69, 9.17) is 9.97 Å². The van der Waals surface area contributed by atoms with Crippen molar-refractivity contribution in [3.63, 3.8) is 0 Å². The molecule has 0 radical (unpaired) electrons. The van der Waals surface area contributed by atoms with E-state index in [9.17, 15) is 0 Å². The van der Waals surface area contributed by atoms with Gasteiger partial charge < -0.3 is 0 Å². The van der Waals surface area contributed by atoms with Crippen molar-refractivity contribution in [3.05, 3.63) is 188 Å². The molecule has 10 aromatic carbocycles. The van der Waals surface area contributed by atoms with E-state index in [1.54, 1.807) is 0 Å². The zero-order chi connectivity index (χ0) is 37.9. The zero-order valence-electron chi connectivity index (χ0n) is 31.1. The standard InChI is InChI=1S/C54H31N3S/c1-2-14-32(15-3-1)33-26-28-35(29-27-33)50-43-31-30-34-16-4-5-17-36(34)51(43)56-54(55-50)57-44-24-12-10-22-41(44)48-46-39-20-8-6-18-37(39)38-19-7-9-21-40(38)47(46)49-42-23-11-13-25-45(42)58-53(49)52(48)57/h1-31H. The van der Waals surface area contributed by atoms with Gasteiger partial charge in [0.1, 0.15) is 0 Å². The van der Waals surface area contributed by atoms with Crippen LogP contribution in [0.25, 0.3) is 124 Å². The Kier molecular flexibility index (Phi) is 6.60. The van der Waals surface area contributed by atoms with E-state index in [2.05, 4.69) is 193 Å². The summed E-state index contributed by atoms with van der Waals surface area (Å²) in [5, 5.41) is 15.9. The number of fused-ring (bicyclic) bond motifs is 18. The minimum Gasteiger partial charge on any atom is -0.276 e. The molecule has 0 spiro atoms. The Balaban J connectivity index is 1.24. The third-order valence-electron chi connectivity index (χ3n) is 12.2. The van der Waals surface area contributed by atoms with Crippen LogP contribution in [0.1, 0.15) is 0 Å². The number of aromatic nitrogens is 3. The molecule has 0 unspecified atom stereocenters. The quantitative estimate of drug-likeness (QED) is 0.168. The van der Waals surface area contributed by atoms with Crippen LogP contribution in [0.3, 0.4) is 0 Å². The van der Waals surface area contributed by atoms with Crippen LogP contribution in [-0.4, -0.2) is 14.5 Å². The predicted molar refractivity (Wildman–Crippen MR) is 248 cm³/mol. The van der Waals surface area contributed by atoms with E-state index in [1.165, 1.54) is 74.4 Å². The first-order valence-corrected chi connectivity index (χ1v) is 20.6. The first-order chi connectivity index (χ1) is 28.8. The van der Waals surface area contributed by atoms with Gasteiger partial charge in [0.2, 0.25) is 5.95 Å². The summed E-state index contributed by atoms with van der Waals surface area (Å²) in [7, 11) is 0. The lowest BCUT2D eigenvalue weighted by atomic mass is 9.89. The van der Waals surface area contributed by atoms with Gasteiger partial charge in [-0.15, -0.1) is 11.3 Å². The molecule has 268 valence electrons. The van der Waals surface area contributed by atoms with E-state index >= 15 is 0 Å². The molecule has 3 nitrogen and oxygen atoms in total. The highest BCUT2D eigenvalue weighted by Crippen LogP contribution is 2.51. The van der Waals surface area contributed by atoms with E-state index in [-0.39, 0.29) is 0 Å². The highest BCUT2D eigenvalue weighted by atomic mass is 32.1. The molecule has 13 aromatic rings. The normalized spacial score (nSPS) is 12.1. The molecule has 3 heterocycles. The van der Waals surface area contributed by atoms with Gasteiger partial charge in [0, 0.05) is 53.4 Å². The van der Waals surface area contributed by atoms with Gasteiger partial charge in [-0.3, -0.25) is 4.57 Å². The Morgan fingerprint density at radius 3 is 1.69 bits per heavy atom. The van der Waals surface area contributed by atoms with Gasteiger partial charge in [0.25, 0.3) is 0 Å². The fraction of sp³-hybridized carbons (Fsp3) is 0. The third kappa shape index (κ3) is 4.38. The molecule has 3 aromatic heterocycles. The van der Waals surface area contributed by atoms with Gasteiger partial charge in [0.05, 0.1) is 26.9 Å². The van der Waals surface area contributed by atoms with Crippen molar-refractivity contribution in [1.29, 1.82) is 0 Å². The zero-order valence-corrected chi connectivity index (χ0v) is 32.0. The number of benzene rings is 10. The van der Waals surface area contributed by atoms with E-state index in [0.29, 0.717) is 5.95 Å². The molecular weight excluding hydrogens is 723 g/mol. The second-order valence-corrected chi connectivity index (χ2v) is 16.3. The number of hydrogen-bond donors (Lipinski definition) is 0. The Hall–Kier alpha value is -7.40. The lowest BCUT2D eigenvalue weighted by Gasteiger charge is -2.16. The molecule has 0 N–H and O–H groups in total. The summed E-state index contributed by atoms with van der Waals surface area (Å²) in [6.45, 7) is 0. The molecule has 4 heteroatoms. The fourth-order valence-electron chi connectivity index (χ4n) is 9.66. The largest absolute Gasteiger partial charge is 0.276 e. The Morgan fingerprint density at radius 2 is 0.931 bits per heavy atom. The average Bonchev–Trinajstić information content (AvgIpc) is 3.86. The van der Waals surface area contributed by atoms with Crippen molar-refractivity contribution >= 4 is 107 Å². The van der Waals surface area contributed by atoms with Crippen molar-refractivity contribution in [3.8, 4) is 28.3 Å². The Morgan fingerprint density at radius 1 is 0.362 bits per heavy atom. The first-order valence-electron chi connectivity index (χ1n) is 19.8. The molecule has 0 fully saturated rings. The van der Waals surface area contributed by atoms with Crippen LogP contribution < -0.4 is 0 Å². The lowest BCUT2D eigenvalue weighted by molar-refractivity contribution is 1.02. The smallest absolute Gasteiger partial charge is 0.235 e. The number of rotatable bonds is 3. The van der Waals surface area contributed by atoms with Crippen molar-refractivity contribution in [2.75, 3.05) is 0 Å². The van der Waals surface area contributed by atoms with Crippen molar-refractivity contribution in [2.24, 2.45) is 0 Å². The van der Waals surface area contributed by atoms with E-state index in [0.717, 1.165) is 44.0 Å². The van der Waals surface area contributed by atoms with Crippen LogP contribution in [0.5, 0.6) is 0 Å². The van der Waals surface area contributed by atoms with Crippen molar-refractivity contribution in [1.82, 2.24) is 14.5 Å². The summed E-state index contributed by atoms with van der Waals surface area (Å²) in [5.74, 6) is 0.667. The van der Waals surface area contributed by atoms with Gasteiger partial charge in [-0.2, -0.15) is 0 Å². The van der Waals surface area contributed by atoms with Gasteiger partial charge in [-0.1, -0.05) is 170 Å². The Labute approximate surface area is 336 Å². The maximum atomic E-state index is 5.63. The monoisotopic (exact) mass is 753 g/mol. The molecule has 0 aliphatic carbocycles. The number of nitrogens with zero attached hydrogens (tertiary/aromatic N) is 3. The van der Waals surface area contributed by atoms with Gasteiger partial charge in [-0.05, 0) is 56.3 Å². The molecule has 0 aliphatic heterocycles. The summed E-state index contributed by atoms with van der Waals surface area (Å²) in [5.41, 5.74) is 7.52. The topological polar surface area (TPSA) is 30.7 Å². The summed E-state index contributed by atoms with van der Waals surface area (Å²) in [4.78, 5) is 11.2. The highest BCUT2D eigenvalue weighted by molar-refractivity contribution is 7.27. The second kappa shape index (κ2) is 12.1. The van der Waals surface area contributed by atoms with Gasteiger partial charge in [0.15, 0.2) is 0 Å². The van der Waals surface area contributed by atoms with Crippen LogP contribution in [0.4, 0.5) is 0 Å². The minimum atomic E-state index is 0.667. The molecule has 0 amide bonds. The predicted octanol–water partition coefficient (Wildman–Crippen LogP) is 15.0. The van der Waals surface area contributed by atoms with Crippen LogP contribution >= 0.6 is 11.3 Å². The minimum absolute atomic E-state index is 0.667. The summed E-state index contributed by atoms with van der Waals surface area (Å²) in [6, 6.07) is 68.0. The van der Waals surface area contributed by atoms with E-state index in [1.807, 2.05) is 11.3 Å². The SMILES string of the molecule is c1ccc(-c2ccc(-c3nc(-n4c5ccccc5c5c6c7ccccc7c7ccccc7c6c6c7ccccc7sc6c54)nc4c3ccc3ccccc34)cc2)cc1. The average molecular weight is 754 g/mol. The molecule has 13 rings (SSSR count). The summed E-state index contributed by atoms with van der Waals surface area (Å²) >= 11 is 1.87. The maximum Gasteiger partial charge on any atom is 0.235 e. The van der Waals surface area contributed by atoms with Crippen molar-refractivity contribution in [2.45, 2.75) is 0 Å². The fourth-order valence-corrected chi connectivity index (χ4v) is 10.9. The van der Waals surface area contributed by atoms with Gasteiger partial charge in [-0.25, -0.2) is 9.97 Å².